The number of benzene rings is 1. The molecule has 6 heteroatoms. The largest absolute Gasteiger partial charge is 0.349 e. The average molecular weight is 327 g/mol. The summed E-state index contributed by atoms with van der Waals surface area (Å²) in [7, 11) is -3.29. The summed E-state index contributed by atoms with van der Waals surface area (Å²) >= 11 is 0. The molecule has 0 spiro atoms. The fraction of sp³-hybridized carbons (Fsp3) is 0.562. The van der Waals surface area contributed by atoms with Gasteiger partial charge in [-0.2, -0.15) is 0 Å². The molecule has 1 aromatic carbocycles. The molecule has 0 aliphatic rings. The summed E-state index contributed by atoms with van der Waals surface area (Å²) in [5, 5.41) is 2.64. The molecule has 0 atom stereocenters. The maximum absolute atomic E-state index is 12.6. The van der Waals surface area contributed by atoms with Crippen LogP contribution < -0.4 is 5.32 Å². The summed E-state index contributed by atoms with van der Waals surface area (Å²) < 4.78 is 23.5. The topological polar surface area (TPSA) is 64.6 Å². The van der Waals surface area contributed by atoms with Crippen molar-refractivity contribution in [1.29, 1.82) is 0 Å². The number of hydrogen-bond donors (Lipinski definition) is 1. The highest BCUT2D eigenvalue weighted by Crippen LogP contribution is 2.47. The van der Waals surface area contributed by atoms with Crippen molar-refractivity contribution < 1.29 is 18.4 Å². The molecule has 0 fully saturated rings. The molecule has 5 nitrogen and oxygen atoms in total. The SMILES string of the molecule is CCCCOP(=O)(CNC(=O)c1ccccc1)OCCCC. The van der Waals surface area contributed by atoms with Crippen molar-refractivity contribution in [3.63, 3.8) is 0 Å². The minimum absolute atomic E-state index is 0.103. The molecule has 0 saturated heterocycles. The Labute approximate surface area is 132 Å². The standard InChI is InChI=1S/C16H26NO4P/c1-3-5-12-20-22(19,21-13-6-4-2)14-17-16(18)15-10-8-7-9-11-15/h7-11H,3-6,12-14H2,1-2H3,(H,17,18). The minimum atomic E-state index is -3.29. The fourth-order valence-corrected chi connectivity index (χ4v) is 3.09. The number of amides is 1. The van der Waals surface area contributed by atoms with Crippen LogP contribution in [-0.2, 0) is 13.6 Å². The van der Waals surface area contributed by atoms with E-state index >= 15 is 0 Å². The van der Waals surface area contributed by atoms with Gasteiger partial charge in [0.25, 0.3) is 5.91 Å². The summed E-state index contributed by atoms with van der Waals surface area (Å²) in [4.78, 5) is 12.0. The van der Waals surface area contributed by atoms with Gasteiger partial charge >= 0.3 is 7.60 Å². The summed E-state index contributed by atoms with van der Waals surface area (Å²) in [6.07, 6.45) is 3.42. The van der Waals surface area contributed by atoms with Crippen molar-refractivity contribution in [3.8, 4) is 0 Å². The second-order valence-electron chi connectivity index (χ2n) is 5.01. The molecule has 1 rings (SSSR count). The van der Waals surface area contributed by atoms with Crippen LogP contribution in [0.5, 0.6) is 0 Å². The predicted molar refractivity (Wildman–Crippen MR) is 88.1 cm³/mol. The van der Waals surface area contributed by atoms with Crippen molar-refractivity contribution in [1.82, 2.24) is 5.32 Å². The molecule has 0 bridgehead atoms. The summed E-state index contributed by atoms with van der Waals surface area (Å²) in [6.45, 7) is 4.81. The highest BCUT2D eigenvalue weighted by atomic mass is 31.2. The van der Waals surface area contributed by atoms with E-state index in [0.717, 1.165) is 25.7 Å². The van der Waals surface area contributed by atoms with Crippen LogP contribution in [-0.4, -0.2) is 25.4 Å². The molecular formula is C16H26NO4P. The van der Waals surface area contributed by atoms with Crippen molar-refractivity contribution in [2.45, 2.75) is 39.5 Å². The first-order chi connectivity index (χ1) is 10.6. The fourth-order valence-electron chi connectivity index (χ4n) is 1.68. The molecule has 0 aliphatic carbocycles. The monoisotopic (exact) mass is 327 g/mol. The van der Waals surface area contributed by atoms with E-state index in [-0.39, 0.29) is 12.2 Å². The molecule has 1 amide bonds. The van der Waals surface area contributed by atoms with Crippen LogP contribution >= 0.6 is 7.60 Å². The molecule has 0 saturated carbocycles. The van der Waals surface area contributed by atoms with Crippen LogP contribution in [0.4, 0.5) is 0 Å². The Bertz CT molecular complexity index is 464. The van der Waals surface area contributed by atoms with Crippen LogP contribution in [0.1, 0.15) is 49.9 Å². The van der Waals surface area contributed by atoms with E-state index in [1.54, 1.807) is 24.3 Å². The summed E-state index contributed by atoms with van der Waals surface area (Å²) in [6, 6.07) is 8.81. The van der Waals surface area contributed by atoms with Crippen LogP contribution in [0.25, 0.3) is 0 Å². The quantitative estimate of drug-likeness (QED) is 0.489. The van der Waals surface area contributed by atoms with Crippen LogP contribution in [0, 0.1) is 0 Å². The smallest absolute Gasteiger partial charge is 0.340 e. The van der Waals surface area contributed by atoms with Gasteiger partial charge in [0.05, 0.1) is 13.2 Å². The lowest BCUT2D eigenvalue weighted by atomic mass is 10.2. The van der Waals surface area contributed by atoms with Gasteiger partial charge in [0.2, 0.25) is 0 Å². The average Bonchev–Trinajstić information content (AvgIpc) is 2.54. The van der Waals surface area contributed by atoms with E-state index in [2.05, 4.69) is 5.32 Å². The Morgan fingerprint density at radius 3 is 2.09 bits per heavy atom. The third kappa shape index (κ3) is 7.21. The van der Waals surface area contributed by atoms with Gasteiger partial charge in [-0.3, -0.25) is 9.36 Å². The molecule has 1 aromatic rings. The van der Waals surface area contributed by atoms with E-state index < -0.39 is 7.60 Å². The van der Waals surface area contributed by atoms with E-state index in [1.165, 1.54) is 0 Å². The highest BCUT2D eigenvalue weighted by Gasteiger charge is 2.25. The van der Waals surface area contributed by atoms with Gasteiger partial charge in [-0.1, -0.05) is 44.9 Å². The van der Waals surface area contributed by atoms with Crippen LogP contribution in [0.3, 0.4) is 0 Å². The van der Waals surface area contributed by atoms with Gasteiger partial charge in [0, 0.05) is 5.56 Å². The molecule has 0 aromatic heterocycles. The zero-order valence-corrected chi connectivity index (χ0v) is 14.3. The Balaban J connectivity index is 2.55. The number of unbranched alkanes of at least 4 members (excludes halogenated alkanes) is 2. The lowest BCUT2D eigenvalue weighted by molar-refractivity contribution is 0.0953. The number of nitrogens with one attached hydrogen (secondary N) is 1. The number of rotatable bonds is 11. The Hall–Kier alpha value is -1.16. The maximum atomic E-state index is 12.6. The van der Waals surface area contributed by atoms with Gasteiger partial charge in [-0.25, -0.2) is 0 Å². The predicted octanol–water partition coefficient (Wildman–Crippen LogP) is 4.20. The van der Waals surface area contributed by atoms with Gasteiger partial charge in [-0.15, -0.1) is 0 Å². The summed E-state index contributed by atoms with van der Waals surface area (Å²) in [5.74, 6) is -0.279. The maximum Gasteiger partial charge on any atom is 0.349 e. The first-order valence-electron chi connectivity index (χ1n) is 7.82. The molecular weight excluding hydrogens is 301 g/mol. The van der Waals surface area contributed by atoms with E-state index in [0.29, 0.717) is 18.8 Å². The van der Waals surface area contributed by atoms with Gasteiger partial charge in [0.15, 0.2) is 0 Å². The Morgan fingerprint density at radius 2 is 1.59 bits per heavy atom. The third-order valence-electron chi connectivity index (χ3n) is 3.04. The number of carbonyl (C=O) groups is 1. The van der Waals surface area contributed by atoms with Crippen LogP contribution in [0.15, 0.2) is 30.3 Å². The van der Waals surface area contributed by atoms with E-state index in [4.69, 9.17) is 9.05 Å². The van der Waals surface area contributed by atoms with Crippen molar-refractivity contribution in [3.05, 3.63) is 35.9 Å². The van der Waals surface area contributed by atoms with E-state index in [9.17, 15) is 9.36 Å². The highest BCUT2D eigenvalue weighted by molar-refractivity contribution is 7.53. The second-order valence-corrected chi connectivity index (χ2v) is 7.07. The molecule has 0 aliphatic heterocycles. The van der Waals surface area contributed by atoms with E-state index in [1.807, 2.05) is 19.9 Å². The normalized spacial score (nSPS) is 11.4. The molecule has 124 valence electrons. The first-order valence-corrected chi connectivity index (χ1v) is 9.55. The molecule has 0 radical (unpaired) electrons. The summed E-state index contributed by atoms with van der Waals surface area (Å²) in [5.41, 5.74) is 0.524. The second kappa shape index (κ2) is 10.5. The molecule has 0 unspecified atom stereocenters. The minimum Gasteiger partial charge on any atom is -0.340 e. The third-order valence-corrected chi connectivity index (χ3v) is 4.74. The van der Waals surface area contributed by atoms with Crippen molar-refractivity contribution >= 4 is 13.5 Å². The van der Waals surface area contributed by atoms with Gasteiger partial charge in [0.1, 0.15) is 6.29 Å². The zero-order chi connectivity index (χ0) is 16.3. The first kappa shape index (κ1) is 18.9. The lowest BCUT2D eigenvalue weighted by Gasteiger charge is -2.19. The molecule has 22 heavy (non-hydrogen) atoms. The van der Waals surface area contributed by atoms with Crippen molar-refractivity contribution in [2.24, 2.45) is 0 Å². The van der Waals surface area contributed by atoms with Crippen molar-refractivity contribution in [2.75, 3.05) is 19.5 Å². The van der Waals surface area contributed by atoms with Gasteiger partial charge < -0.3 is 14.4 Å². The lowest BCUT2D eigenvalue weighted by Crippen LogP contribution is -2.25. The zero-order valence-electron chi connectivity index (χ0n) is 13.4. The molecule has 1 N–H and O–H groups in total. The van der Waals surface area contributed by atoms with Crippen LogP contribution in [0.2, 0.25) is 0 Å². The number of hydrogen-bond acceptors (Lipinski definition) is 4. The van der Waals surface area contributed by atoms with Gasteiger partial charge in [-0.05, 0) is 25.0 Å². The Morgan fingerprint density at radius 1 is 1.05 bits per heavy atom. The molecule has 0 heterocycles. The number of carbonyl (C=O) groups excluding carboxylic acids is 1. The Kier molecular flexibility index (Phi) is 9.05.